The second kappa shape index (κ2) is 10.7. The van der Waals surface area contributed by atoms with Crippen LogP contribution >= 0.6 is 23.2 Å². The molecule has 1 saturated heterocycles. The van der Waals surface area contributed by atoms with E-state index in [1.807, 2.05) is 12.1 Å². The Labute approximate surface area is 199 Å². The van der Waals surface area contributed by atoms with Crippen LogP contribution in [0.1, 0.15) is 48.9 Å². The smallest absolute Gasteiger partial charge is 0.257 e. The molecule has 0 aromatic heterocycles. The van der Waals surface area contributed by atoms with E-state index in [4.69, 9.17) is 27.9 Å². The number of piperidine rings is 1. The number of rotatable bonds is 5. The van der Waals surface area contributed by atoms with Crippen LogP contribution in [0.2, 0.25) is 10.0 Å². The Morgan fingerprint density at radius 2 is 1.56 bits per heavy atom. The Hall–Kier alpha value is -2.08. The molecule has 5 nitrogen and oxygen atoms in total. The van der Waals surface area contributed by atoms with Gasteiger partial charge in [-0.3, -0.25) is 14.9 Å². The summed E-state index contributed by atoms with van der Waals surface area (Å²) in [7, 11) is 0. The number of nitrogens with zero attached hydrogens (tertiary/aromatic N) is 1. The summed E-state index contributed by atoms with van der Waals surface area (Å²) in [5, 5.41) is 3.61. The zero-order valence-electron chi connectivity index (χ0n) is 17.9. The van der Waals surface area contributed by atoms with Gasteiger partial charge in [-0.05, 0) is 62.8 Å². The van der Waals surface area contributed by atoms with E-state index >= 15 is 0 Å². The summed E-state index contributed by atoms with van der Waals surface area (Å²) in [5.41, 5.74) is 0.514. The van der Waals surface area contributed by atoms with Crippen LogP contribution in [0.4, 0.5) is 0 Å². The fraction of sp³-hybridized carbons (Fsp3) is 0.440. The second-order valence-corrected chi connectivity index (χ2v) is 9.43. The summed E-state index contributed by atoms with van der Waals surface area (Å²) in [6.07, 6.45) is 5.70. The molecule has 2 amide bonds. The third kappa shape index (κ3) is 5.83. The van der Waals surface area contributed by atoms with E-state index in [-0.39, 0.29) is 23.8 Å². The van der Waals surface area contributed by atoms with Crippen LogP contribution in [0, 0.1) is 5.92 Å². The first kappa shape index (κ1) is 23.1. The standard InChI is InChI=1S/C25H28Cl2N2O3/c26-22-11-10-21(16-23(22)27)32-20-12-14-29(15-13-20)19-8-6-18(7-9-19)25(31)28-24(30)17-4-2-1-3-5-17/h1-5,10-11,16,18-20H,6-9,12-15H2,(H,28,30,31). The van der Waals surface area contributed by atoms with E-state index in [1.54, 1.807) is 36.4 Å². The molecule has 0 radical (unpaired) electrons. The summed E-state index contributed by atoms with van der Waals surface area (Å²) in [6.45, 7) is 1.97. The predicted molar refractivity (Wildman–Crippen MR) is 126 cm³/mol. The van der Waals surface area contributed by atoms with Gasteiger partial charge in [-0.15, -0.1) is 0 Å². The third-order valence-corrected chi connectivity index (χ3v) is 7.27. The van der Waals surface area contributed by atoms with Crippen LogP contribution in [-0.4, -0.2) is 41.9 Å². The summed E-state index contributed by atoms with van der Waals surface area (Å²) in [5.74, 6) is 0.205. The van der Waals surface area contributed by atoms with Gasteiger partial charge in [-0.25, -0.2) is 0 Å². The van der Waals surface area contributed by atoms with Crippen molar-refractivity contribution in [2.45, 2.75) is 50.7 Å². The topological polar surface area (TPSA) is 58.6 Å². The molecule has 1 aliphatic carbocycles. The SMILES string of the molecule is O=C(NC(=O)C1CCC(N2CCC(Oc3ccc(Cl)c(Cl)c3)CC2)CC1)c1ccccc1. The number of nitrogens with one attached hydrogen (secondary N) is 1. The molecule has 2 aromatic rings. The van der Waals surface area contributed by atoms with Crippen molar-refractivity contribution in [1.29, 1.82) is 0 Å². The molecule has 170 valence electrons. The first-order valence-corrected chi connectivity index (χ1v) is 12.0. The molecule has 1 heterocycles. The van der Waals surface area contributed by atoms with Crippen molar-refractivity contribution in [3.63, 3.8) is 0 Å². The number of ether oxygens (including phenoxy) is 1. The van der Waals surface area contributed by atoms with Crippen molar-refractivity contribution in [1.82, 2.24) is 10.2 Å². The average Bonchev–Trinajstić information content (AvgIpc) is 2.82. The van der Waals surface area contributed by atoms with Gasteiger partial charge in [0.2, 0.25) is 5.91 Å². The van der Waals surface area contributed by atoms with Crippen molar-refractivity contribution < 1.29 is 14.3 Å². The molecule has 7 heteroatoms. The zero-order chi connectivity index (χ0) is 22.5. The summed E-state index contributed by atoms with van der Waals surface area (Å²) >= 11 is 12.1. The molecule has 32 heavy (non-hydrogen) atoms. The Balaban J connectivity index is 1.20. The summed E-state index contributed by atoms with van der Waals surface area (Å²) in [6, 6.07) is 14.8. The van der Waals surface area contributed by atoms with E-state index in [0.717, 1.165) is 57.4 Å². The van der Waals surface area contributed by atoms with Gasteiger partial charge >= 0.3 is 0 Å². The van der Waals surface area contributed by atoms with E-state index in [1.165, 1.54) is 0 Å². The first-order valence-electron chi connectivity index (χ1n) is 11.3. The van der Waals surface area contributed by atoms with Gasteiger partial charge in [0.05, 0.1) is 10.0 Å². The maximum absolute atomic E-state index is 12.5. The molecule has 2 aromatic carbocycles. The van der Waals surface area contributed by atoms with E-state index in [9.17, 15) is 9.59 Å². The van der Waals surface area contributed by atoms with Gasteiger partial charge in [0.15, 0.2) is 0 Å². The largest absolute Gasteiger partial charge is 0.490 e. The highest BCUT2D eigenvalue weighted by Crippen LogP contribution is 2.31. The van der Waals surface area contributed by atoms with Gasteiger partial charge in [0.1, 0.15) is 11.9 Å². The van der Waals surface area contributed by atoms with E-state index in [0.29, 0.717) is 21.7 Å². The molecular formula is C25H28Cl2N2O3. The number of benzene rings is 2. The molecule has 0 spiro atoms. The van der Waals surface area contributed by atoms with Crippen LogP contribution in [0.3, 0.4) is 0 Å². The zero-order valence-corrected chi connectivity index (χ0v) is 19.4. The molecule has 1 N–H and O–H groups in total. The highest BCUT2D eigenvalue weighted by molar-refractivity contribution is 6.42. The number of hydrogen-bond donors (Lipinski definition) is 1. The fourth-order valence-electron chi connectivity index (χ4n) is 4.68. The van der Waals surface area contributed by atoms with Gasteiger partial charge in [0, 0.05) is 36.7 Å². The maximum atomic E-state index is 12.5. The van der Waals surface area contributed by atoms with Crippen LogP contribution in [-0.2, 0) is 4.79 Å². The molecule has 4 rings (SSSR count). The molecule has 2 fully saturated rings. The lowest BCUT2D eigenvalue weighted by Gasteiger charge is -2.40. The third-order valence-electron chi connectivity index (χ3n) is 6.53. The highest BCUT2D eigenvalue weighted by atomic mass is 35.5. The first-order chi connectivity index (χ1) is 15.5. The molecule has 2 aliphatic rings. The molecule has 0 bridgehead atoms. The summed E-state index contributed by atoms with van der Waals surface area (Å²) < 4.78 is 6.09. The van der Waals surface area contributed by atoms with Crippen molar-refractivity contribution in [3.05, 3.63) is 64.1 Å². The van der Waals surface area contributed by atoms with Gasteiger partial charge in [-0.1, -0.05) is 41.4 Å². The van der Waals surface area contributed by atoms with Crippen molar-refractivity contribution in [2.75, 3.05) is 13.1 Å². The van der Waals surface area contributed by atoms with E-state index in [2.05, 4.69) is 10.2 Å². The second-order valence-electron chi connectivity index (χ2n) is 8.62. The number of imide groups is 1. The number of carbonyl (C=O) groups is 2. The van der Waals surface area contributed by atoms with Crippen LogP contribution in [0.25, 0.3) is 0 Å². The van der Waals surface area contributed by atoms with Crippen LogP contribution < -0.4 is 10.1 Å². The number of halogens is 2. The Kier molecular flexibility index (Phi) is 7.71. The predicted octanol–water partition coefficient (Wildman–Crippen LogP) is 5.35. The lowest BCUT2D eigenvalue weighted by atomic mass is 9.84. The maximum Gasteiger partial charge on any atom is 0.257 e. The number of carbonyl (C=O) groups excluding carboxylic acids is 2. The lowest BCUT2D eigenvalue weighted by Crippen LogP contribution is -2.46. The monoisotopic (exact) mass is 474 g/mol. The molecule has 0 unspecified atom stereocenters. The van der Waals surface area contributed by atoms with Crippen LogP contribution in [0.15, 0.2) is 48.5 Å². The van der Waals surface area contributed by atoms with Crippen molar-refractivity contribution in [2.24, 2.45) is 5.92 Å². The van der Waals surface area contributed by atoms with Crippen LogP contribution in [0.5, 0.6) is 5.75 Å². The number of likely N-dealkylation sites (tertiary alicyclic amines) is 1. The van der Waals surface area contributed by atoms with Crippen molar-refractivity contribution in [3.8, 4) is 5.75 Å². The average molecular weight is 475 g/mol. The highest BCUT2D eigenvalue weighted by Gasteiger charge is 2.32. The van der Waals surface area contributed by atoms with Gasteiger partial charge in [0.25, 0.3) is 5.91 Å². The minimum Gasteiger partial charge on any atom is -0.490 e. The van der Waals surface area contributed by atoms with Gasteiger partial charge < -0.3 is 9.64 Å². The minimum absolute atomic E-state index is 0.0885. The Morgan fingerprint density at radius 3 is 2.22 bits per heavy atom. The Bertz CT molecular complexity index is 937. The Morgan fingerprint density at radius 1 is 0.875 bits per heavy atom. The minimum atomic E-state index is -0.318. The number of hydrogen-bond acceptors (Lipinski definition) is 4. The normalized spacial score (nSPS) is 22.3. The fourth-order valence-corrected chi connectivity index (χ4v) is 4.97. The molecule has 1 aliphatic heterocycles. The molecular weight excluding hydrogens is 447 g/mol. The quantitative estimate of drug-likeness (QED) is 0.593. The van der Waals surface area contributed by atoms with E-state index < -0.39 is 0 Å². The van der Waals surface area contributed by atoms with Crippen molar-refractivity contribution >= 4 is 35.0 Å². The molecule has 0 atom stereocenters. The van der Waals surface area contributed by atoms with Gasteiger partial charge in [-0.2, -0.15) is 0 Å². The molecule has 1 saturated carbocycles. The summed E-state index contributed by atoms with van der Waals surface area (Å²) in [4.78, 5) is 27.3. The number of amides is 2. The lowest BCUT2D eigenvalue weighted by molar-refractivity contribution is -0.125.